The van der Waals surface area contributed by atoms with Gasteiger partial charge in [-0.15, -0.1) is 0 Å². The summed E-state index contributed by atoms with van der Waals surface area (Å²) in [5.74, 6) is -0.684. The van der Waals surface area contributed by atoms with Crippen LogP contribution in [0.5, 0.6) is 0 Å². The second-order valence-corrected chi connectivity index (χ2v) is 10.5. The molecular formula is C37H33N2O+. The van der Waals surface area contributed by atoms with Gasteiger partial charge >= 0.3 is 0 Å². The third-order valence-electron chi connectivity index (χ3n) is 7.64. The van der Waals surface area contributed by atoms with Crippen molar-refractivity contribution < 1.29 is 18.6 Å². The van der Waals surface area contributed by atoms with E-state index in [1.807, 2.05) is 87.5 Å². The molecule has 2 heterocycles. The number of nitrogens with zero attached hydrogens (tertiary/aromatic N) is 2. The molecule has 0 saturated carbocycles. The van der Waals surface area contributed by atoms with E-state index in [1.165, 1.54) is 12.3 Å². The average molecular weight is 529 g/mol. The Hall–Kier alpha value is -4.68. The lowest BCUT2D eigenvalue weighted by molar-refractivity contribution is -0.660. The van der Waals surface area contributed by atoms with E-state index < -0.39 is 19.6 Å². The quantitative estimate of drug-likeness (QED) is 0.214. The summed E-state index contributed by atoms with van der Waals surface area (Å²) in [6, 6.07) is 27.1. The van der Waals surface area contributed by atoms with Gasteiger partial charge in [0, 0.05) is 37.6 Å². The van der Waals surface area contributed by atoms with Crippen molar-refractivity contribution in [2.75, 3.05) is 0 Å². The van der Waals surface area contributed by atoms with E-state index in [0.717, 1.165) is 38.6 Å². The summed E-state index contributed by atoms with van der Waals surface area (Å²) in [6.07, 6.45) is 1.37. The van der Waals surface area contributed by atoms with E-state index in [1.54, 1.807) is 17.7 Å². The third kappa shape index (κ3) is 4.17. The number of furan rings is 1. The van der Waals surface area contributed by atoms with E-state index in [0.29, 0.717) is 33.6 Å². The van der Waals surface area contributed by atoms with Gasteiger partial charge in [0.05, 0.1) is 17.2 Å². The minimum Gasteiger partial charge on any atom is -0.454 e. The molecule has 0 aliphatic carbocycles. The Kier molecular flexibility index (Phi) is 4.56. The summed E-state index contributed by atoms with van der Waals surface area (Å²) in [6.45, 7) is 0.352. The third-order valence-corrected chi connectivity index (χ3v) is 7.64. The van der Waals surface area contributed by atoms with E-state index in [-0.39, 0.29) is 11.1 Å². The predicted molar refractivity (Wildman–Crippen MR) is 164 cm³/mol. The Labute approximate surface area is 245 Å². The molecule has 0 bridgehead atoms. The molecule has 2 aromatic heterocycles. The number of hydrogen-bond acceptors (Lipinski definition) is 2. The lowest BCUT2D eigenvalue weighted by Gasteiger charge is -2.09. The number of pyridine rings is 1. The second kappa shape index (κ2) is 9.81. The number of aromatic nitrogens is 1. The van der Waals surface area contributed by atoms with Crippen LogP contribution in [0.25, 0.3) is 55.4 Å². The first kappa shape index (κ1) is 18.6. The fourth-order valence-corrected chi connectivity index (χ4v) is 5.42. The van der Waals surface area contributed by atoms with Crippen LogP contribution in [0.2, 0.25) is 0 Å². The highest BCUT2D eigenvalue weighted by molar-refractivity contribution is 6.14. The molecule has 3 nitrogen and oxygen atoms in total. The fourth-order valence-electron chi connectivity index (χ4n) is 5.42. The van der Waals surface area contributed by atoms with E-state index in [9.17, 15) is 5.26 Å². The molecule has 4 aromatic carbocycles. The van der Waals surface area contributed by atoms with Crippen LogP contribution in [-0.2, 0) is 7.05 Å². The SMILES string of the molecule is [2H]C([2H])([2H])c1cc(-c2c(C)ccc3c2oc2c(-c4ccc(-c5ccc(C([2H])(C)C)cc5)cc4)c(C#N)ccc23)[n+](C)cc1C([2H])([2H])[2H]. The lowest BCUT2D eigenvalue weighted by atomic mass is 9.94. The largest absolute Gasteiger partial charge is 0.454 e. The first-order chi connectivity index (χ1) is 22.0. The standard InChI is InChI=1S/C37H33N2O/c1-22(2)26-8-10-27(11-9-26)28-12-14-29(15-13-28)35-30(20-38)16-18-32-31-17-7-23(3)34(36(31)40-37(32)35)33-19-24(4)25(5)21-39(33)6/h7-19,21-22H,1-6H3/q+1/i4D3,5D3,22D. The molecule has 0 spiro atoms. The van der Waals surface area contributed by atoms with Crippen molar-refractivity contribution in [1.29, 1.82) is 5.26 Å². The molecule has 0 unspecified atom stereocenters. The summed E-state index contributed by atoms with van der Waals surface area (Å²) in [5, 5.41) is 11.7. The summed E-state index contributed by atoms with van der Waals surface area (Å²) in [7, 11) is 1.69. The van der Waals surface area contributed by atoms with Gasteiger partial charge in [-0.3, -0.25) is 0 Å². The van der Waals surface area contributed by atoms with Crippen LogP contribution >= 0.6 is 0 Å². The van der Waals surface area contributed by atoms with Crippen molar-refractivity contribution in [2.45, 2.75) is 40.4 Å². The zero-order chi connectivity index (χ0) is 34.1. The zero-order valence-electron chi connectivity index (χ0n) is 29.9. The van der Waals surface area contributed by atoms with E-state index >= 15 is 0 Å². The molecule has 0 amide bonds. The Morgan fingerprint density at radius 1 is 0.775 bits per heavy atom. The fraction of sp³-hybridized carbons (Fsp3) is 0.189. The number of rotatable bonds is 4. The maximum atomic E-state index is 10.1. The number of hydrogen-bond donors (Lipinski definition) is 0. The number of benzene rings is 4. The Morgan fingerprint density at radius 2 is 1.38 bits per heavy atom. The molecule has 6 aromatic rings. The minimum atomic E-state index is -2.65. The molecule has 6 rings (SSSR count). The molecule has 0 N–H and O–H groups in total. The first-order valence-electron chi connectivity index (χ1n) is 16.6. The average Bonchev–Trinajstić information content (AvgIpc) is 3.38. The van der Waals surface area contributed by atoms with Crippen molar-refractivity contribution in [3.05, 3.63) is 113 Å². The van der Waals surface area contributed by atoms with Crippen LogP contribution in [0.4, 0.5) is 0 Å². The van der Waals surface area contributed by atoms with Gasteiger partial charge in [0.15, 0.2) is 6.20 Å². The molecule has 40 heavy (non-hydrogen) atoms. The minimum absolute atomic E-state index is 0.223. The topological polar surface area (TPSA) is 40.8 Å². The molecule has 0 radical (unpaired) electrons. The highest BCUT2D eigenvalue weighted by Gasteiger charge is 2.23. The van der Waals surface area contributed by atoms with Crippen LogP contribution in [0, 0.1) is 32.0 Å². The molecule has 0 fully saturated rings. The van der Waals surface area contributed by atoms with Gasteiger partial charge in [0.1, 0.15) is 18.2 Å². The highest BCUT2D eigenvalue weighted by atomic mass is 16.3. The molecule has 0 aliphatic heterocycles. The van der Waals surface area contributed by atoms with E-state index in [4.69, 9.17) is 14.0 Å². The van der Waals surface area contributed by atoms with Gasteiger partial charge < -0.3 is 4.42 Å². The zero-order valence-corrected chi connectivity index (χ0v) is 22.9. The monoisotopic (exact) mass is 528 g/mol. The molecule has 0 saturated heterocycles. The predicted octanol–water partition coefficient (Wildman–Crippen LogP) is 9.33. The Morgan fingerprint density at radius 3 is 2.00 bits per heavy atom. The van der Waals surface area contributed by atoms with Gasteiger partial charge in [0.2, 0.25) is 5.69 Å². The van der Waals surface area contributed by atoms with Crippen molar-refractivity contribution in [2.24, 2.45) is 7.05 Å². The summed E-state index contributed by atoms with van der Waals surface area (Å²) in [5.41, 5.74) is 7.37. The summed E-state index contributed by atoms with van der Waals surface area (Å²) >= 11 is 0. The Bertz CT molecular complexity index is 2210. The van der Waals surface area contributed by atoms with Crippen LogP contribution in [0.3, 0.4) is 0 Å². The van der Waals surface area contributed by atoms with Crippen molar-refractivity contribution in [3.63, 3.8) is 0 Å². The molecular weight excluding hydrogens is 488 g/mol. The number of aryl methyl sites for hydroxylation is 4. The van der Waals surface area contributed by atoms with Crippen LogP contribution in [-0.4, -0.2) is 0 Å². The second-order valence-electron chi connectivity index (χ2n) is 10.5. The number of nitriles is 1. The Balaban J connectivity index is 1.54. The first-order valence-corrected chi connectivity index (χ1v) is 13.1. The van der Waals surface area contributed by atoms with Crippen molar-refractivity contribution in [1.82, 2.24) is 0 Å². The molecule has 196 valence electrons. The smallest absolute Gasteiger partial charge is 0.216 e. The normalized spacial score (nSPS) is 14.9. The maximum Gasteiger partial charge on any atom is 0.216 e. The van der Waals surface area contributed by atoms with Gasteiger partial charge in [-0.05, 0) is 72.0 Å². The van der Waals surface area contributed by atoms with Gasteiger partial charge in [-0.25, -0.2) is 4.57 Å². The number of fused-ring (bicyclic) bond motifs is 3. The highest BCUT2D eigenvalue weighted by Crippen LogP contribution is 2.42. The summed E-state index contributed by atoms with van der Waals surface area (Å²) in [4.78, 5) is 0. The van der Waals surface area contributed by atoms with Crippen LogP contribution in [0.1, 0.15) is 57.2 Å². The van der Waals surface area contributed by atoms with Gasteiger partial charge in [-0.1, -0.05) is 74.5 Å². The molecule has 3 heteroatoms. The maximum absolute atomic E-state index is 10.1. The van der Waals surface area contributed by atoms with Crippen LogP contribution < -0.4 is 4.57 Å². The van der Waals surface area contributed by atoms with Crippen LogP contribution in [0.15, 0.2) is 89.5 Å². The lowest BCUT2D eigenvalue weighted by Crippen LogP contribution is -2.31. The van der Waals surface area contributed by atoms with Crippen molar-refractivity contribution in [3.8, 4) is 39.6 Å². The van der Waals surface area contributed by atoms with E-state index in [2.05, 4.69) is 6.07 Å². The molecule has 0 atom stereocenters. The summed E-state index contributed by atoms with van der Waals surface area (Å²) < 4.78 is 64.8. The molecule has 0 aliphatic rings. The van der Waals surface area contributed by atoms with Gasteiger partial charge in [-0.2, -0.15) is 5.26 Å². The van der Waals surface area contributed by atoms with Gasteiger partial charge in [0.25, 0.3) is 0 Å². The van der Waals surface area contributed by atoms with Crippen molar-refractivity contribution >= 4 is 21.9 Å².